The van der Waals surface area contributed by atoms with Crippen molar-refractivity contribution in [1.82, 2.24) is 5.32 Å². The molecule has 0 bridgehead atoms. The first kappa shape index (κ1) is 16.7. The predicted molar refractivity (Wildman–Crippen MR) is 77.0 cm³/mol. The van der Waals surface area contributed by atoms with E-state index in [1.165, 1.54) is 6.07 Å². The average molecular weight is 303 g/mol. The Morgan fingerprint density at radius 2 is 2.20 bits per heavy atom. The number of benzene rings is 1. The third-order valence-electron chi connectivity index (χ3n) is 3.19. The number of hydrogen-bond acceptors (Lipinski definition) is 5. The highest BCUT2D eigenvalue weighted by Crippen LogP contribution is 2.33. The van der Waals surface area contributed by atoms with Crippen LogP contribution >= 0.6 is 11.6 Å². The molecule has 0 aliphatic heterocycles. The van der Waals surface area contributed by atoms with Crippen molar-refractivity contribution in [1.29, 1.82) is 0 Å². The van der Waals surface area contributed by atoms with Crippen LogP contribution in [0.3, 0.4) is 0 Å². The second kappa shape index (κ2) is 8.04. The maximum Gasteiger partial charge on any atom is 0.312 e. The maximum atomic E-state index is 10.8. The molecule has 1 atom stereocenters. The molecule has 3 N–H and O–H groups in total. The number of hydrogen-bond donors (Lipinski definition) is 3. The van der Waals surface area contributed by atoms with Gasteiger partial charge in [0, 0.05) is 29.8 Å². The Morgan fingerprint density at radius 1 is 1.50 bits per heavy atom. The molecule has 0 saturated heterocycles. The fourth-order valence-corrected chi connectivity index (χ4v) is 2.19. The van der Waals surface area contributed by atoms with Gasteiger partial charge in [-0.2, -0.15) is 0 Å². The maximum absolute atomic E-state index is 10.8. The number of aromatic hydroxyl groups is 1. The molecule has 1 rings (SSSR count). The van der Waals surface area contributed by atoms with Gasteiger partial charge in [-0.15, -0.1) is 0 Å². The number of rotatable bonds is 8. The molecule has 112 valence electrons. The van der Waals surface area contributed by atoms with Crippen molar-refractivity contribution >= 4 is 17.3 Å². The standard InChI is InChI=1S/C13H19ClN2O4/c1-2-9(3-4-17)7-15-8-10-5-11(14)6-12(13(10)18)16(19)20/h5-6,9,15,17-18H,2-4,7-8H2,1H3. The third-order valence-corrected chi connectivity index (χ3v) is 3.41. The summed E-state index contributed by atoms with van der Waals surface area (Å²) in [4.78, 5) is 10.1. The molecular weight excluding hydrogens is 284 g/mol. The second-order valence-electron chi connectivity index (χ2n) is 4.61. The van der Waals surface area contributed by atoms with Crippen LogP contribution in [0.5, 0.6) is 5.75 Å². The normalized spacial score (nSPS) is 12.3. The zero-order valence-electron chi connectivity index (χ0n) is 11.3. The van der Waals surface area contributed by atoms with Gasteiger partial charge < -0.3 is 15.5 Å². The topological polar surface area (TPSA) is 95.6 Å². The van der Waals surface area contributed by atoms with Gasteiger partial charge in [-0.05, 0) is 24.9 Å². The molecule has 1 aromatic rings. The molecule has 7 heteroatoms. The van der Waals surface area contributed by atoms with Crippen molar-refractivity contribution in [2.45, 2.75) is 26.3 Å². The number of nitrogens with zero attached hydrogens (tertiary/aromatic N) is 1. The summed E-state index contributed by atoms with van der Waals surface area (Å²) < 4.78 is 0. The Labute approximate surface area is 122 Å². The molecular formula is C13H19ClN2O4. The quantitative estimate of drug-likeness (QED) is 0.506. The minimum Gasteiger partial charge on any atom is -0.502 e. The lowest BCUT2D eigenvalue weighted by Gasteiger charge is -2.14. The number of phenols is 1. The summed E-state index contributed by atoms with van der Waals surface area (Å²) in [5, 5.41) is 32.8. The fourth-order valence-electron chi connectivity index (χ4n) is 1.96. The van der Waals surface area contributed by atoms with Gasteiger partial charge >= 0.3 is 5.69 Å². The highest BCUT2D eigenvalue weighted by molar-refractivity contribution is 6.31. The number of phenolic OH excluding ortho intramolecular Hbond substituents is 1. The van der Waals surface area contributed by atoms with Crippen molar-refractivity contribution in [3.05, 3.63) is 32.8 Å². The average Bonchev–Trinajstić information content (AvgIpc) is 2.40. The highest BCUT2D eigenvalue weighted by Gasteiger charge is 2.18. The summed E-state index contributed by atoms with van der Waals surface area (Å²) >= 11 is 5.81. The van der Waals surface area contributed by atoms with Gasteiger partial charge in [0.2, 0.25) is 0 Å². The zero-order valence-corrected chi connectivity index (χ0v) is 12.1. The number of nitro benzene ring substituents is 1. The number of aliphatic hydroxyl groups is 1. The molecule has 0 spiro atoms. The Morgan fingerprint density at radius 3 is 2.75 bits per heavy atom. The molecule has 1 aromatic carbocycles. The van der Waals surface area contributed by atoms with Crippen LogP contribution in [-0.4, -0.2) is 28.3 Å². The van der Waals surface area contributed by atoms with E-state index in [1.807, 2.05) is 6.92 Å². The summed E-state index contributed by atoms with van der Waals surface area (Å²) in [6.07, 6.45) is 1.63. The molecule has 0 radical (unpaired) electrons. The minimum absolute atomic E-state index is 0.133. The van der Waals surface area contributed by atoms with E-state index in [2.05, 4.69) is 5.32 Å². The molecule has 0 saturated carbocycles. The summed E-state index contributed by atoms with van der Waals surface area (Å²) in [5.74, 6) is -0.0292. The van der Waals surface area contributed by atoms with Gasteiger partial charge in [0.25, 0.3) is 0 Å². The van der Waals surface area contributed by atoms with E-state index in [-0.39, 0.29) is 23.9 Å². The first-order chi connectivity index (χ1) is 9.49. The van der Waals surface area contributed by atoms with Crippen LogP contribution in [0.15, 0.2) is 12.1 Å². The van der Waals surface area contributed by atoms with Gasteiger partial charge in [0.05, 0.1) is 4.92 Å². The van der Waals surface area contributed by atoms with E-state index in [0.29, 0.717) is 24.4 Å². The van der Waals surface area contributed by atoms with Crippen molar-refractivity contribution in [2.24, 2.45) is 5.92 Å². The Hall–Kier alpha value is -1.37. The van der Waals surface area contributed by atoms with Gasteiger partial charge in [0.15, 0.2) is 5.75 Å². The predicted octanol–water partition coefficient (Wildman–Crippen LogP) is 2.45. The molecule has 0 aliphatic carbocycles. The molecule has 20 heavy (non-hydrogen) atoms. The molecule has 0 aliphatic rings. The highest BCUT2D eigenvalue weighted by atomic mass is 35.5. The second-order valence-corrected chi connectivity index (χ2v) is 5.04. The smallest absolute Gasteiger partial charge is 0.312 e. The summed E-state index contributed by atoms with van der Waals surface area (Å²) in [5.41, 5.74) is -0.000230. The molecule has 0 aromatic heterocycles. The van der Waals surface area contributed by atoms with Gasteiger partial charge in [-0.1, -0.05) is 24.9 Å². The zero-order chi connectivity index (χ0) is 15.1. The SMILES string of the molecule is CCC(CCO)CNCc1cc(Cl)cc([N+](=O)[O-])c1O. The molecule has 0 fully saturated rings. The third kappa shape index (κ3) is 4.63. The Balaban J connectivity index is 2.71. The van der Waals surface area contributed by atoms with Crippen molar-refractivity contribution in [3.63, 3.8) is 0 Å². The fraction of sp³-hybridized carbons (Fsp3) is 0.538. The molecule has 6 nitrogen and oxygen atoms in total. The van der Waals surface area contributed by atoms with Crippen LogP contribution in [0.2, 0.25) is 5.02 Å². The Kier molecular flexibility index (Phi) is 6.70. The van der Waals surface area contributed by atoms with Crippen LogP contribution in [0.4, 0.5) is 5.69 Å². The first-order valence-electron chi connectivity index (χ1n) is 6.46. The summed E-state index contributed by atoms with van der Waals surface area (Å²) in [6, 6.07) is 2.63. The lowest BCUT2D eigenvalue weighted by Crippen LogP contribution is -2.23. The van der Waals surface area contributed by atoms with E-state index < -0.39 is 10.6 Å². The van der Waals surface area contributed by atoms with Crippen LogP contribution in [0.25, 0.3) is 0 Å². The van der Waals surface area contributed by atoms with E-state index in [4.69, 9.17) is 16.7 Å². The molecule has 0 amide bonds. The monoisotopic (exact) mass is 302 g/mol. The van der Waals surface area contributed by atoms with E-state index >= 15 is 0 Å². The minimum atomic E-state index is -0.661. The van der Waals surface area contributed by atoms with Crippen molar-refractivity contribution in [2.75, 3.05) is 13.2 Å². The Bertz CT molecular complexity index is 468. The number of halogens is 1. The van der Waals surface area contributed by atoms with E-state index in [0.717, 1.165) is 12.5 Å². The summed E-state index contributed by atoms with van der Waals surface area (Å²) in [7, 11) is 0. The van der Waals surface area contributed by atoms with Gasteiger partial charge in [-0.3, -0.25) is 10.1 Å². The van der Waals surface area contributed by atoms with Crippen LogP contribution in [0.1, 0.15) is 25.3 Å². The number of nitrogens with one attached hydrogen (secondary N) is 1. The number of aliphatic hydroxyl groups excluding tert-OH is 1. The van der Waals surface area contributed by atoms with Crippen LogP contribution < -0.4 is 5.32 Å². The van der Waals surface area contributed by atoms with Crippen LogP contribution in [0, 0.1) is 16.0 Å². The molecule has 1 unspecified atom stereocenters. The first-order valence-corrected chi connectivity index (χ1v) is 6.84. The van der Waals surface area contributed by atoms with Gasteiger partial charge in [-0.25, -0.2) is 0 Å². The van der Waals surface area contributed by atoms with Gasteiger partial charge in [0.1, 0.15) is 0 Å². The van der Waals surface area contributed by atoms with E-state index in [1.54, 1.807) is 0 Å². The number of nitro groups is 1. The lowest BCUT2D eigenvalue weighted by atomic mass is 10.0. The molecule has 0 heterocycles. The summed E-state index contributed by atoms with van der Waals surface area (Å²) in [6.45, 7) is 3.11. The van der Waals surface area contributed by atoms with E-state index in [9.17, 15) is 15.2 Å². The largest absolute Gasteiger partial charge is 0.502 e. The lowest BCUT2D eigenvalue weighted by molar-refractivity contribution is -0.385. The van der Waals surface area contributed by atoms with Crippen molar-refractivity contribution < 1.29 is 15.1 Å². The van der Waals surface area contributed by atoms with Crippen molar-refractivity contribution in [3.8, 4) is 5.75 Å². The van der Waals surface area contributed by atoms with Crippen LogP contribution in [-0.2, 0) is 6.54 Å².